The minimum atomic E-state index is -9.86. The monoisotopic (exact) mass is 662 g/mol. The van der Waals surface area contributed by atoms with E-state index in [9.17, 15) is 109 Å². The molecule has 1 aliphatic carbocycles. The fraction of sp³-hybridized carbons (Fsp3) is 1.00. The van der Waals surface area contributed by atoms with Gasteiger partial charge in [-0.05, 0) is 0 Å². The maximum atomic E-state index is 14.6. The van der Waals surface area contributed by atoms with Crippen LogP contribution < -0.4 is 0 Å². The lowest BCUT2D eigenvalue weighted by atomic mass is 9.67. The van der Waals surface area contributed by atoms with Gasteiger partial charge < -0.3 is 0 Å². The standard InChI is InChI=1S/C12HF23O3S/c13-1(2(14,15)5(20,21)7(24,25)8(26,27)10(30,31)12(33,34)35)3(16,17)6(22,23)9(28,29)11(32,4(1,18)19)39(36,37)38/h(H,36,37,38). The first kappa shape index (κ1) is 35.3. The molecule has 39 heavy (non-hydrogen) atoms. The van der Waals surface area contributed by atoms with Crippen molar-refractivity contribution in [3.8, 4) is 0 Å². The van der Waals surface area contributed by atoms with Gasteiger partial charge in [-0.2, -0.15) is 101 Å². The molecule has 0 aromatic rings. The zero-order valence-electron chi connectivity index (χ0n) is 16.4. The largest absolute Gasteiger partial charge is 0.460 e. The summed E-state index contributed by atoms with van der Waals surface area (Å²) in [6.07, 6.45) is -8.23. The van der Waals surface area contributed by atoms with Gasteiger partial charge in [-0.15, -0.1) is 0 Å². The molecular weight excluding hydrogens is 661 g/mol. The summed E-state index contributed by atoms with van der Waals surface area (Å²) < 4.78 is 339. The van der Waals surface area contributed by atoms with Crippen molar-refractivity contribution >= 4 is 10.1 Å². The van der Waals surface area contributed by atoms with Crippen LogP contribution in [0.25, 0.3) is 0 Å². The summed E-state index contributed by atoms with van der Waals surface area (Å²) in [5.74, 6) is -83.2. The number of hydrogen-bond acceptors (Lipinski definition) is 2. The summed E-state index contributed by atoms with van der Waals surface area (Å²) in [7, 11) is -8.85. The average molecular weight is 662 g/mol. The molecule has 0 radical (unpaired) electrons. The molecule has 1 saturated carbocycles. The quantitative estimate of drug-likeness (QED) is 0.260. The zero-order chi connectivity index (χ0) is 32.5. The normalized spacial score (nSPS) is 30.3. The lowest BCUT2D eigenvalue weighted by Crippen LogP contribution is -2.91. The average Bonchev–Trinajstić information content (AvgIpc) is 2.68. The highest BCUT2D eigenvalue weighted by Gasteiger charge is 3.10. The van der Waals surface area contributed by atoms with Gasteiger partial charge >= 0.3 is 80.3 Å². The van der Waals surface area contributed by atoms with E-state index in [4.69, 9.17) is 4.55 Å². The molecule has 0 heterocycles. The molecule has 1 N–H and O–H groups in total. The molecular formula is C12HF23O3S. The second-order valence-electron chi connectivity index (χ2n) is 7.40. The number of rotatable bonds is 6. The number of halogens is 23. The van der Waals surface area contributed by atoms with Crippen LogP contribution in [0, 0.1) is 0 Å². The van der Waals surface area contributed by atoms with Gasteiger partial charge in [0.1, 0.15) is 0 Å². The van der Waals surface area contributed by atoms with Crippen molar-refractivity contribution in [1.82, 2.24) is 0 Å². The van der Waals surface area contributed by atoms with E-state index in [1.165, 1.54) is 0 Å². The van der Waals surface area contributed by atoms with E-state index in [-0.39, 0.29) is 0 Å². The zero-order valence-corrected chi connectivity index (χ0v) is 17.2. The summed E-state index contributed by atoms with van der Waals surface area (Å²) in [5, 5.41) is -8.74. The van der Waals surface area contributed by atoms with E-state index in [1.807, 2.05) is 0 Å². The van der Waals surface area contributed by atoms with Gasteiger partial charge in [0.25, 0.3) is 0 Å². The molecule has 1 fully saturated rings. The third kappa shape index (κ3) is 3.21. The fourth-order valence-corrected chi connectivity index (χ4v) is 3.85. The molecule has 0 spiro atoms. The molecule has 3 nitrogen and oxygen atoms in total. The second-order valence-corrected chi connectivity index (χ2v) is 8.91. The SMILES string of the molecule is O=S(=O)(O)C1(F)C(F)(F)C(F)(F)C(F)(F)C(F)(C(F)(F)C(F)(F)C(F)(F)C(F)(F)C(F)(F)C(F)(F)F)C1(F)F. The van der Waals surface area contributed by atoms with Crippen molar-refractivity contribution in [2.45, 2.75) is 70.1 Å². The first-order valence-electron chi connectivity index (χ1n) is 8.07. The smallest absolute Gasteiger partial charge is 0.283 e. The Bertz CT molecular complexity index is 1100. The van der Waals surface area contributed by atoms with E-state index >= 15 is 0 Å². The third-order valence-corrected chi connectivity index (χ3v) is 6.41. The summed E-state index contributed by atoms with van der Waals surface area (Å²) in [6, 6.07) is 0. The van der Waals surface area contributed by atoms with E-state index < -0.39 is 80.3 Å². The van der Waals surface area contributed by atoms with Gasteiger partial charge in [-0.3, -0.25) is 4.55 Å². The van der Waals surface area contributed by atoms with Gasteiger partial charge in [0, 0.05) is 0 Å². The summed E-state index contributed by atoms with van der Waals surface area (Å²) >= 11 is 0. The fourth-order valence-electron chi connectivity index (χ4n) is 2.94. The molecule has 2 unspecified atom stereocenters. The van der Waals surface area contributed by atoms with Crippen LogP contribution in [0.3, 0.4) is 0 Å². The highest BCUT2D eigenvalue weighted by molar-refractivity contribution is 7.87. The predicted octanol–water partition coefficient (Wildman–Crippen LogP) is 6.54. The molecule has 0 saturated heterocycles. The maximum Gasteiger partial charge on any atom is 0.460 e. The van der Waals surface area contributed by atoms with Crippen LogP contribution in [-0.2, 0) is 10.1 Å². The molecule has 0 aliphatic heterocycles. The minimum absolute atomic E-state index is 8.13. The Labute approximate surface area is 195 Å². The van der Waals surface area contributed by atoms with Crippen LogP contribution >= 0.6 is 0 Å². The lowest BCUT2D eigenvalue weighted by Gasteiger charge is -2.56. The molecule has 0 aromatic heterocycles. The Morgan fingerprint density at radius 1 is 0.436 bits per heavy atom. The molecule has 1 aliphatic rings. The van der Waals surface area contributed by atoms with Crippen LogP contribution in [0.2, 0.25) is 0 Å². The van der Waals surface area contributed by atoms with E-state index in [1.54, 1.807) is 0 Å². The van der Waals surface area contributed by atoms with Crippen LogP contribution in [-0.4, -0.2) is 83.1 Å². The van der Waals surface area contributed by atoms with E-state index in [0.29, 0.717) is 0 Å². The highest BCUT2D eigenvalue weighted by Crippen LogP contribution is 2.75. The summed E-state index contributed by atoms with van der Waals surface area (Å²) in [6.45, 7) is 0. The topological polar surface area (TPSA) is 54.4 Å². The predicted molar refractivity (Wildman–Crippen MR) is 69.8 cm³/mol. The first-order chi connectivity index (χ1) is 16.2. The highest BCUT2D eigenvalue weighted by atomic mass is 32.2. The Balaban J connectivity index is 4.38. The molecule has 0 amide bonds. The van der Waals surface area contributed by atoms with Gasteiger partial charge in [-0.25, -0.2) is 8.78 Å². The van der Waals surface area contributed by atoms with Crippen LogP contribution in [0.1, 0.15) is 0 Å². The van der Waals surface area contributed by atoms with Crippen molar-refractivity contribution in [3.63, 3.8) is 0 Å². The molecule has 27 heteroatoms. The molecule has 1 rings (SSSR count). The summed E-state index contributed by atoms with van der Waals surface area (Å²) in [5.41, 5.74) is -9.72. The van der Waals surface area contributed by atoms with Crippen molar-refractivity contribution in [2.24, 2.45) is 0 Å². The number of alkyl halides is 23. The van der Waals surface area contributed by atoms with Gasteiger partial charge in [-0.1, -0.05) is 0 Å². The van der Waals surface area contributed by atoms with Gasteiger partial charge in [0.15, 0.2) is 0 Å². The Hall–Kier alpha value is -1.70. The lowest BCUT2D eigenvalue weighted by molar-refractivity contribution is -0.504. The van der Waals surface area contributed by atoms with Crippen LogP contribution in [0.15, 0.2) is 0 Å². The van der Waals surface area contributed by atoms with Crippen molar-refractivity contribution in [1.29, 1.82) is 0 Å². The molecule has 0 aromatic carbocycles. The number of hydrogen-bond donors (Lipinski definition) is 1. The van der Waals surface area contributed by atoms with Crippen molar-refractivity contribution in [2.75, 3.05) is 0 Å². The van der Waals surface area contributed by atoms with Crippen molar-refractivity contribution < 1.29 is 114 Å². The Morgan fingerprint density at radius 3 is 1.03 bits per heavy atom. The molecule has 0 bridgehead atoms. The Kier molecular flexibility index (Phi) is 7.04. The molecule has 2 atom stereocenters. The van der Waals surface area contributed by atoms with Gasteiger partial charge in [0.05, 0.1) is 0 Å². The van der Waals surface area contributed by atoms with E-state index in [0.717, 1.165) is 0 Å². The van der Waals surface area contributed by atoms with Crippen LogP contribution in [0.4, 0.5) is 101 Å². The van der Waals surface area contributed by atoms with Crippen molar-refractivity contribution in [3.05, 3.63) is 0 Å². The molecule has 234 valence electrons. The van der Waals surface area contributed by atoms with E-state index in [2.05, 4.69) is 0 Å². The minimum Gasteiger partial charge on any atom is -0.283 e. The first-order valence-corrected chi connectivity index (χ1v) is 9.51. The second kappa shape index (κ2) is 7.77. The van der Waals surface area contributed by atoms with Gasteiger partial charge in [0.2, 0.25) is 0 Å². The third-order valence-electron chi connectivity index (χ3n) is 5.18. The Morgan fingerprint density at radius 2 is 0.744 bits per heavy atom. The summed E-state index contributed by atoms with van der Waals surface area (Å²) in [4.78, 5) is 0. The van der Waals surface area contributed by atoms with Crippen LogP contribution in [0.5, 0.6) is 0 Å². The maximum absolute atomic E-state index is 14.6.